The molecule has 2 aliphatic heterocycles. The average molecular weight is 469 g/mol. The first-order valence-corrected chi connectivity index (χ1v) is 11.8. The summed E-state index contributed by atoms with van der Waals surface area (Å²) in [5.41, 5.74) is 2.00. The molecule has 1 aromatic heterocycles. The van der Waals surface area contributed by atoms with Gasteiger partial charge in [0.25, 0.3) is 5.91 Å². The maximum Gasteiger partial charge on any atom is 0.273 e. The van der Waals surface area contributed by atoms with Gasteiger partial charge in [-0.05, 0) is 43.2 Å². The topological polar surface area (TPSA) is 68.7 Å². The van der Waals surface area contributed by atoms with Gasteiger partial charge in [0.05, 0.1) is 0 Å². The number of amides is 1. The Morgan fingerprint density at radius 1 is 1.00 bits per heavy atom. The molecule has 6 nitrogen and oxygen atoms in total. The van der Waals surface area contributed by atoms with Crippen molar-refractivity contribution in [2.24, 2.45) is 5.92 Å². The van der Waals surface area contributed by atoms with Crippen LogP contribution < -0.4 is 9.47 Å². The highest BCUT2D eigenvalue weighted by Crippen LogP contribution is 2.33. The molecular formula is C24H21ClN2O4S. The average Bonchev–Trinajstić information content (AvgIpc) is 3.34. The van der Waals surface area contributed by atoms with E-state index in [0.29, 0.717) is 66.9 Å². The standard InChI is InChI=1S/C24H21ClN2O4S/c25-18-4-1-16(2-5-18)23-26-19(14-32-23)24(29)27-9-7-15(8-10-27)22(28)17-3-6-20-21(13-17)31-12-11-30-20/h1-6,13-15H,7-12H2. The van der Waals surface area contributed by atoms with Crippen LogP contribution in [-0.2, 0) is 0 Å². The van der Waals surface area contributed by atoms with Crippen molar-refractivity contribution in [3.05, 3.63) is 64.1 Å². The molecule has 3 aromatic rings. The molecule has 8 heteroatoms. The van der Waals surface area contributed by atoms with Crippen LogP contribution in [0.15, 0.2) is 47.8 Å². The Bertz CT molecular complexity index is 1150. The third kappa shape index (κ3) is 4.23. The lowest BCUT2D eigenvalue weighted by Gasteiger charge is -2.31. The van der Waals surface area contributed by atoms with Crippen molar-refractivity contribution in [2.45, 2.75) is 12.8 Å². The molecule has 2 aliphatic rings. The summed E-state index contributed by atoms with van der Waals surface area (Å²) >= 11 is 7.38. The van der Waals surface area contributed by atoms with E-state index in [0.717, 1.165) is 10.6 Å². The lowest BCUT2D eigenvalue weighted by molar-refractivity contribution is 0.0646. The van der Waals surface area contributed by atoms with Crippen LogP contribution in [0.4, 0.5) is 0 Å². The molecule has 3 heterocycles. The summed E-state index contributed by atoms with van der Waals surface area (Å²) in [6.45, 7) is 2.08. The van der Waals surface area contributed by atoms with Crippen molar-refractivity contribution in [3.8, 4) is 22.1 Å². The molecule has 1 saturated heterocycles. The first-order chi connectivity index (χ1) is 15.6. The van der Waals surface area contributed by atoms with Gasteiger partial charge in [-0.15, -0.1) is 11.3 Å². The van der Waals surface area contributed by atoms with Crippen LogP contribution >= 0.6 is 22.9 Å². The number of benzene rings is 2. The number of fused-ring (bicyclic) bond motifs is 1. The number of aromatic nitrogens is 1. The highest BCUT2D eigenvalue weighted by molar-refractivity contribution is 7.13. The fraction of sp³-hybridized carbons (Fsp3) is 0.292. The highest BCUT2D eigenvalue weighted by Gasteiger charge is 2.30. The normalized spacial score (nSPS) is 16.1. The minimum absolute atomic E-state index is 0.0905. The second-order valence-corrected chi connectivity index (χ2v) is 9.13. The number of thiazole rings is 1. The molecule has 0 saturated carbocycles. The third-order valence-electron chi connectivity index (χ3n) is 5.79. The molecule has 0 unspecified atom stereocenters. The van der Waals surface area contributed by atoms with Crippen molar-refractivity contribution in [1.82, 2.24) is 9.88 Å². The summed E-state index contributed by atoms with van der Waals surface area (Å²) < 4.78 is 11.1. The van der Waals surface area contributed by atoms with E-state index in [9.17, 15) is 9.59 Å². The van der Waals surface area contributed by atoms with Crippen LogP contribution in [0.25, 0.3) is 10.6 Å². The smallest absolute Gasteiger partial charge is 0.273 e. The molecule has 0 atom stereocenters. The number of carbonyl (C=O) groups excluding carboxylic acids is 2. The molecule has 1 amide bonds. The molecule has 0 bridgehead atoms. The molecule has 5 rings (SSSR count). The monoisotopic (exact) mass is 468 g/mol. The fourth-order valence-electron chi connectivity index (χ4n) is 4.04. The van der Waals surface area contributed by atoms with E-state index in [2.05, 4.69) is 4.98 Å². The summed E-state index contributed by atoms with van der Waals surface area (Å²) in [4.78, 5) is 32.2. The van der Waals surface area contributed by atoms with Gasteiger partial charge in [0.15, 0.2) is 17.3 Å². The van der Waals surface area contributed by atoms with Gasteiger partial charge in [-0.25, -0.2) is 4.98 Å². The van der Waals surface area contributed by atoms with Crippen LogP contribution in [0.2, 0.25) is 5.02 Å². The molecule has 0 radical (unpaired) electrons. The van der Waals surface area contributed by atoms with Gasteiger partial charge in [0, 0.05) is 40.5 Å². The molecule has 0 aliphatic carbocycles. The summed E-state index contributed by atoms with van der Waals surface area (Å²) in [7, 11) is 0. The Balaban J connectivity index is 1.21. The zero-order chi connectivity index (χ0) is 22.1. The van der Waals surface area contributed by atoms with Gasteiger partial charge in [-0.3, -0.25) is 9.59 Å². The summed E-state index contributed by atoms with van der Waals surface area (Å²) in [5, 5.41) is 3.24. The van der Waals surface area contributed by atoms with Crippen molar-refractivity contribution >= 4 is 34.6 Å². The van der Waals surface area contributed by atoms with E-state index in [4.69, 9.17) is 21.1 Å². The Kier molecular flexibility index (Phi) is 5.85. The third-order valence-corrected chi connectivity index (χ3v) is 6.94. The summed E-state index contributed by atoms with van der Waals surface area (Å²) in [5.74, 6) is 1.19. The molecule has 164 valence electrons. The van der Waals surface area contributed by atoms with Gasteiger partial charge >= 0.3 is 0 Å². The predicted molar refractivity (Wildman–Crippen MR) is 123 cm³/mol. The van der Waals surface area contributed by atoms with E-state index >= 15 is 0 Å². The number of ether oxygens (including phenoxy) is 2. The van der Waals surface area contributed by atoms with Gasteiger partial charge in [-0.2, -0.15) is 0 Å². The number of ketones is 1. The molecular weight excluding hydrogens is 448 g/mol. The molecule has 32 heavy (non-hydrogen) atoms. The maximum atomic E-state index is 13.0. The summed E-state index contributed by atoms with van der Waals surface area (Å²) in [6, 6.07) is 12.8. The fourth-order valence-corrected chi connectivity index (χ4v) is 4.96. The van der Waals surface area contributed by atoms with Gasteiger partial charge < -0.3 is 14.4 Å². The van der Waals surface area contributed by atoms with Gasteiger partial charge in [0.1, 0.15) is 23.9 Å². The van der Waals surface area contributed by atoms with E-state index in [1.807, 2.05) is 24.3 Å². The number of carbonyl (C=O) groups is 2. The molecule has 2 aromatic carbocycles. The van der Waals surface area contributed by atoms with Gasteiger partial charge in [-0.1, -0.05) is 23.7 Å². The second kappa shape index (κ2) is 8.92. The minimum Gasteiger partial charge on any atom is -0.486 e. The van der Waals surface area contributed by atoms with E-state index in [1.54, 1.807) is 28.5 Å². The first kappa shape index (κ1) is 21.0. The number of rotatable bonds is 4. The van der Waals surface area contributed by atoms with E-state index in [-0.39, 0.29) is 17.6 Å². The van der Waals surface area contributed by atoms with E-state index < -0.39 is 0 Å². The predicted octanol–water partition coefficient (Wildman–Crippen LogP) is 4.97. The Labute approximate surface area is 194 Å². The molecule has 0 spiro atoms. The minimum atomic E-state index is -0.110. The number of halogens is 1. The highest BCUT2D eigenvalue weighted by atomic mass is 35.5. The van der Waals surface area contributed by atoms with Crippen LogP contribution in [0.5, 0.6) is 11.5 Å². The quantitative estimate of drug-likeness (QED) is 0.506. The Morgan fingerprint density at radius 2 is 1.72 bits per heavy atom. The lowest BCUT2D eigenvalue weighted by atomic mass is 9.88. The SMILES string of the molecule is O=C(c1ccc2c(c1)OCCO2)C1CCN(C(=O)c2csc(-c3ccc(Cl)cc3)n2)CC1. The van der Waals surface area contributed by atoms with Crippen molar-refractivity contribution in [1.29, 1.82) is 0 Å². The van der Waals surface area contributed by atoms with E-state index in [1.165, 1.54) is 11.3 Å². The number of likely N-dealkylation sites (tertiary alicyclic amines) is 1. The summed E-state index contributed by atoms with van der Waals surface area (Å²) in [6.07, 6.45) is 1.26. The number of hydrogen-bond acceptors (Lipinski definition) is 6. The lowest BCUT2D eigenvalue weighted by Crippen LogP contribution is -2.40. The second-order valence-electron chi connectivity index (χ2n) is 7.83. The first-order valence-electron chi connectivity index (χ1n) is 10.5. The van der Waals surface area contributed by atoms with Crippen LogP contribution in [-0.4, -0.2) is 47.9 Å². The number of Topliss-reactive ketones (excluding diaryl/α,β-unsaturated/α-hetero) is 1. The number of piperidine rings is 1. The number of hydrogen-bond donors (Lipinski definition) is 0. The van der Waals surface area contributed by atoms with Crippen LogP contribution in [0.3, 0.4) is 0 Å². The number of nitrogens with zero attached hydrogens (tertiary/aromatic N) is 2. The zero-order valence-corrected chi connectivity index (χ0v) is 18.8. The van der Waals surface area contributed by atoms with Crippen molar-refractivity contribution in [2.75, 3.05) is 26.3 Å². The zero-order valence-electron chi connectivity index (χ0n) is 17.3. The molecule has 0 N–H and O–H groups in total. The van der Waals surface area contributed by atoms with Gasteiger partial charge in [0.2, 0.25) is 0 Å². The Morgan fingerprint density at radius 3 is 2.47 bits per heavy atom. The van der Waals surface area contributed by atoms with Crippen LogP contribution in [0, 0.1) is 5.92 Å². The largest absolute Gasteiger partial charge is 0.486 e. The van der Waals surface area contributed by atoms with Crippen LogP contribution in [0.1, 0.15) is 33.7 Å². The van der Waals surface area contributed by atoms with Crippen molar-refractivity contribution in [3.63, 3.8) is 0 Å². The van der Waals surface area contributed by atoms with Crippen molar-refractivity contribution < 1.29 is 19.1 Å². The maximum absolute atomic E-state index is 13.0. The molecule has 1 fully saturated rings. The Hall–Kier alpha value is -2.90.